The molecular formula is C18H23ClN3O+. The van der Waals surface area contributed by atoms with Gasteiger partial charge in [0.2, 0.25) is 0 Å². The summed E-state index contributed by atoms with van der Waals surface area (Å²) in [4.78, 5) is 13.6. The van der Waals surface area contributed by atoms with Gasteiger partial charge in [0, 0.05) is 37.7 Å². The Morgan fingerprint density at radius 1 is 1.39 bits per heavy atom. The first kappa shape index (κ1) is 16.1. The molecule has 1 fully saturated rings. The number of halogens is 1. The summed E-state index contributed by atoms with van der Waals surface area (Å²) in [6, 6.07) is 12.3. The Bertz CT molecular complexity index is 682. The van der Waals surface area contributed by atoms with Gasteiger partial charge in [-0.1, -0.05) is 23.7 Å². The van der Waals surface area contributed by atoms with E-state index in [-0.39, 0.29) is 5.91 Å². The fourth-order valence-electron chi connectivity index (χ4n) is 3.43. The highest BCUT2D eigenvalue weighted by Crippen LogP contribution is 2.18. The average Bonchev–Trinajstić information content (AvgIpc) is 3.14. The van der Waals surface area contributed by atoms with Gasteiger partial charge in [-0.3, -0.25) is 4.79 Å². The molecule has 0 aliphatic carbocycles. The van der Waals surface area contributed by atoms with Gasteiger partial charge >= 0.3 is 0 Å². The number of hydrogen-bond acceptors (Lipinski definition) is 1. The van der Waals surface area contributed by atoms with Crippen molar-refractivity contribution in [3.8, 4) is 0 Å². The molecule has 3 rings (SSSR count). The summed E-state index contributed by atoms with van der Waals surface area (Å²) in [5, 5.41) is 3.71. The second-order valence-corrected chi connectivity index (χ2v) is 6.67. The summed E-state index contributed by atoms with van der Waals surface area (Å²) in [6.07, 6.45) is 4.39. The third-order valence-corrected chi connectivity index (χ3v) is 4.83. The zero-order valence-corrected chi connectivity index (χ0v) is 14.1. The maximum Gasteiger partial charge on any atom is 0.275 e. The van der Waals surface area contributed by atoms with E-state index in [4.69, 9.17) is 11.6 Å². The number of benzene rings is 1. The van der Waals surface area contributed by atoms with Crippen molar-refractivity contribution in [1.82, 2.24) is 9.88 Å². The van der Waals surface area contributed by atoms with Gasteiger partial charge in [-0.25, -0.2) is 0 Å². The molecule has 5 heteroatoms. The molecule has 0 radical (unpaired) electrons. The number of amides is 1. The van der Waals surface area contributed by atoms with Crippen molar-refractivity contribution < 1.29 is 9.69 Å². The van der Waals surface area contributed by atoms with E-state index in [9.17, 15) is 4.79 Å². The molecule has 1 aromatic carbocycles. The first-order valence-electron chi connectivity index (χ1n) is 8.10. The Kier molecular flexibility index (Phi) is 5.03. The molecule has 1 saturated heterocycles. The van der Waals surface area contributed by atoms with E-state index < -0.39 is 0 Å². The smallest absolute Gasteiger partial charge is 0.275 e. The zero-order valence-electron chi connectivity index (χ0n) is 13.4. The average molecular weight is 333 g/mol. The van der Waals surface area contributed by atoms with Crippen LogP contribution in [0, 0.1) is 0 Å². The molecule has 1 unspecified atom stereocenters. The van der Waals surface area contributed by atoms with Crippen LogP contribution in [0.3, 0.4) is 0 Å². The fourth-order valence-corrected chi connectivity index (χ4v) is 3.65. The molecule has 0 spiro atoms. The third-order valence-electron chi connectivity index (χ3n) is 4.59. The second-order valence-electron chi connectivity index (χ2n) is 6.23. The molecule has 2 atom stereocenters. The first-order valence-corrected chi connectivity index (χ1v) is 8.48. The Labute approximate surface area is 142 Å². The summed E-state index contributed by atoms with van der Waals surface area (Å²) in [6.45, 7) is 2.11. The highest BCUT2D eigenvalue weighted by atomic mass is 35.5. The third kappa shape index (κ3) is 3.95. The highest BCUT2D eigenvalue weighted by Gasteiger charge is 2.32. The van der Waals surface area contributed by atoms with Crippen molar-refractivity contribution in [2.75, 3.05) is 13.1 Å². The van der Waals surface area contributed by atoms with E-state index in [1.807, 2.05) is 24.3 Å². The van der Waals surface area contributed by atoms with Gasteiger partial charge in [-0.2, -0.15) is 0 Å². The van der Waals surface area contributed by atoms with Gasteiger partial charge in [0.1, 0.15) is 6.04 Å². The predicted octanol–water partition coefficient (Wildman–Crippen LogP) is 1.71. The number of carbonyl (C=O) groups excluding carboxylic acids is 1. The number of likely N-dealkylation sites (tertiary alicyclic amines) is 1. The molecule has 2 heterocycles. The van der Waals surface area contributed by atoms with Crippen LogP contribution in [-0.2, 0) is 18.4 Å². The number of aromatic nitrogens is 1. The lowest BCUT2D eigenvalue weighted by atomic mass is 10.1. The SMILES string of the molecule is Cn1cccc1[C@@H]1CCC[NH+]1CC(=O)NCc1cccc(Cl)c1. The van der Waals surface area contributed by atoms with Crippen LogP contribution in [0.1, 0.15) is 30.1 Å². The number of aryl methyl sites for hydroxylation is 1. The Hall–Kier alpha value is -1.78. The Balaban J connectivity index is 1.56. The largest absolute Gasteiger partial charge is 0.350 e. The molecule has 1 aromatic heterocycles. The van der Waals surface area contributed by atoms with E-state index in [0.29, 0.717) is 24.2 Å². The number of carbonyl (C=O) groups is 1. The van der Waals surface area contributed by atoms with E-state index in [0.717, 1.165) is 18.5 Å². The van der Waals surface area contributed by atoms with Crippen LogP contribution in [0.2, 0.25) is 5.02 Å². The fraction of sp³-hybridized carbons (Fsp3) is 0.389. The van der Waals surface area contributed by atoms with Crippen LogP contribution in [0.25, 0.3) is 0 Å². The first-order chi connectivity index (χ1) is 11.1. The number of quaternary nitrogens is 1. The van der Waals surface area contributed by atoms with Gasteiger partial charge in [-0.05, 0) is 29.8 Å². The van der Waals surface area contributed by atoms with Crippen LogP contribution >= 0.6 is 11.6 Å². The molecule has 0 saturated carbocycles. The normalized spacial score (nSPS) is 20.6. The lowest BCUT2D eigenvalue weighted by Crippen LogP contribution is -3.11. The summed E-state index contributed by atoms with van der Waals surface area (Å²) >= 11 is 5.97. The van der Waals surface area contributed by atoms with Crippen LogP contribution in [0.4, 0.5) is 0 Å². The van der Waals surface area contributed by atoms with Gasteiger partial charge < -0.3 is 14.8 Å². The number of hydrogen-bond donors (Lipinski definition) is 2. The van der Waals surface area contributed by atoms with Crippen LogP contribution in [-0.4, -0.2) is 23.6 Å². The lowest BCUT2D eigenvalue weighted by Gasteiger charge is -2.21. The highest BCUT2D eigenvalue weighted by molar-refractivity contribution is 6.30. The number of nitrogens with one attached hydrogen (secondary N) is 2. The van der Waals surface area contributed by atoms with E-state index in [2.05, 4.69) is 35.3 Å². The van der Waals surface area contributed by atoms with Crippen molar-refractivity contribution >= 4 is 17.5 Å². The molecule has 1 amide bonds. The van der Waals surface area contributed by atoms with Crippen LogP contribution < -0.4 is 10.2 Å². The Morgan fingerprint density at radius 2 is 2.26 bits per heavy atom. The van der Waals surface area contributed by atoms with Crippen LogP contribution in [0.15, 0.2) is 42.6 Å². The summed E-state index contributed by atoms with van der Waals surface area (Å²) in [5.41, 5.74) is 2.35. The minimum Gasteiger partial charge on any atom is -0.350 e. The lowest BCUT2D eigenvalue weighted by molar-refractivity contribution is -0.911. The van der Waals surface area contributed by atoms with E-state index in [1.165, 1.54) is 17.0 Å². The monoisotopic (exact) mass is 332 g/mol. The minimum absolute atomic E-state index is 0.0982. The maximum atomic E-state index is 12.3. The Morgan fingerprint density at radius 3 is 3.00 bits per heavy atom. The quantitative estimate of drug-likeness (QED) is 0.859. The molecule has 2 N–H and O–H groups in total. The summed E-state index contributed by atoms with van der Waals surface area (Å²) in [7, 11) is 2.07. The van der Waals surface area contributed by atoms with Crippen molar-refractivity contribution in [3.05, 3.63) is 58.9 Å². The van der Waals surface area contributed by atoms with Crippen molar-refractivity contribution in [1.29, 1.82) is 0 Å². The van der Waals surface area contributed by atoms with Crippen molar-refractivity contribution in [2.24, 2.45) is 7.05 Å². The molecule has 4 nitrogen and oxygen atoms in total. The molecule has 1 aliphatic heterocycles. The number of rotatable bonds is 5. The topological polar surface area (TPSA) is 38.5 Å². The molecule has 0 bridgehead atoms. The van der Waals surface area contributed by atoms with Gasteiger partial charge in [0.25, 0.3) is 5.91 Å². The molecule has 122 valence electrons. The molecular weight excluding hydrogens is 310 g/mol. The number of nitrogens with zero attached hydrogens (tertiary/aromatic N) is 1. The maximum absolute atomic E-state index is 12.3. The van der Waals surface area contributed by atoms with Crippen LogP contribution in [0.5, 0.6) is 0 Å². The molecule has 1 aliphatic rings. The van der Waals surface area contributed by atoms with Crippen molar-refractivity contribution in [3.63, 3.8) is 0 Å². The molecule has 2 aromatic rings. The van der Waals surface area contributed by atoms with Gasteiger partial charge in [0.15, 0.2) is 6.54 Å². The second kappa shape index (κ2) is 7.20. The van der Waals surface area contributed by atoms with E-state index in [1.54, 1.807) is 0 Å². The zero-order chi connectivity index (χ0) is 16.2. The van der Waals surface area contributed by atoms with Gasteiger partial charge in [-0.15, -0.1) is 0 Å². The minimum atomic E-state index is 0.0982. The predicted molar refractivity (Wildman–Crippen MR) is 91.4 cm³/mol. The van der Waals surface area contributed by atoms with Gasteiger partial charge in [0.05, 0.1) is 12.2 Å². The standard InChI is InChI=1S/C18H22ClN3O/c1-21-9-3-7-16(21)17-8-4-10-22(17)13-18(23)20-12-14-5-2-6-15(19)11-14/h2-3,5-7,9,11,17H,4,8,10,12-13H2,1H3,(H,20,23)/p+1/t17-/m0/s1. The molecule has 23 heavy (non-hydrogen) atoms. The van der Waals surface area contributed by atoms with Crippen molar-refractivity contribution in [2.45, 2.75) is 25.4 Å². The van der Waals surface area contributed by atoms with E-state index >= 15 is 0 Å². The summed E-state index contributed by atoms with van der Waals surface area (Å²) in [5.74, 6) is 0.0982. The summed E-state index contributed by atoms with van der Waals surface area (Å²) < 4.78 is 2.17.